The van der Waals surface area contributed by atoms with Crippen molar-refractivity contribution in [1.29, 1.82) is 0 Å². The lowest BCUT2D eigenvalue weighted by Crippen LogP contribution is -2.57. The van der Waals surface area contributed by atoms with Crippen LogP contribution in [-0.2, 0) is 20.8 Å². The Morgan fingerprint density at radius 2 is 1.74 bits per heavy atom. The number of imide groups is 1. The van der Waals surface area contributed by atoms with Crippen molar-refractivity contribution < 1.29 is 29.3 Å². The molecule has 4 N–H and O–H groups in total. The topological polar surface area (TPSA) is 132 Å². The Morgan fingerprint density at radius 1 is 1.00 bits per heavy atom. The third-order valence-corrected chi connectivity index (χ3v) is 7.78. The molecule has 0 radical (unpaired) electrons. The highest BCUT2D eigenvalue weighted by molar-refractivity contribution is 6.24. The van der Waals surface area contributed by atoms with Gasteiger partial charge in [-0.05, 0) is 29.8 Å². The third-order valence-electron chi connectivity index (χ3n) is 7.78. The van der Waals surface area contributed by atoms with Crippen LogP contribution in [0.15, 0.2) is 79.0 Å². The molecule has 0 unspecified atom stereocenters. The number of nitrogens with one attached hydrogen (secondary N) is 2. The average molecular weight is 512 g/mol. The summed E-state index contributed by atoms with van der Waals surface area (Å²) in [5, 5.41) is 25.7. The molecule has 1 aromatic heterocycles. The Hall–Kier alpha value is -4.63. The van der Waals surface area contributed by atoms with E-state index < -0.39 is 41.2 Å². The van der Waals surface area contributed by atoms with Crippen LogP contribution in [0.25, 0.3) is 10.9 Å². The number of aromatic amines is 1. The fraction of sp³-hybridized carbons (Fsp3) is 0.207. The maximum atomic E-state index is 14.0. The smallest absolute Gasteiger partial charge is 0.325 e. The molecular weight excluding hydrogens is 486 g/mol. The third kappa shape index (κ3) is 3.32. The number of nitrogens with zero attached hydrogens (tertiary/aromatic N) is 1. The number of fused-ring (bicyclic) bond motifs is 2. The monoisotopic (exact) mass is 511 g/mol. The van der Waals surface area contributed by atoms with Crippen molar-refractivity contribution in [1.82, 2.24) is 10.3 Å². The Kier molecular flexibility index (Phi) is 5.46. The number of hydrogen-bond donors (Lipinski definition) is 4. The lowest BCUT2D eigenvalue weighted by Gasteiger charge is -2.31. The van der Waals surface area contributed by atoms with Gasteiger partial charge in [0.1, 0.15) is 5.54 Å². The number of ether oxygens (including phenoxy) is 1. The van der Waals surface area contributed by atoms with Crippen molar-refractivity contribution in [3.8, 4) is 11.5 Å². The maximum Gasteiger partial charge on any atom is 0.325 e. The van der Waals surface area contributed by atoms with Crippen LogP contribution in [0.1, 0.15) is 17.2 Å². The fourth-order valence-corrected chi connectivity index (χ4v) is 6.07. The van der Waals surface area contributed by atoms with Crippen LogP contribution in [0.4, 0.5) is 5.69 Å². The van der Waals surface area contributed by atoms with Crippen LogP contribution in [0.2, 0.25) is 0 Å². The highest BCUT2D eigenvalue weighted by Gasteiger charge is 2.69. The van der Waals surface area contributed by atoms with Crippen LogP contribution in [0.3, 0.4) is 0 Å². The van der Waals surface area contributed by atoms with E-state index in [9.17, 15) is 24.6 Å². The van der Waals surface area contributed by atoms with Crippen molar-refractivity contribution in [3.63, 3.8) is 0 Å². The summed E-state index contributed by atoms with van der Waals surface area (Å²) < 4.78 is 5.27. The Labute approximate surface area is 217 Å². The molecule has 2 aliphatic heterocycles. The molecule has 192 valence electrons. The molecule has 0 saturated carbocycles. The van der Waals surface area contributed by atoms with Crippen LogP contribution in [0.5, 0.6) is 11.5 Å². The minimum absolute atomic E-state index is 0.0591. The van der Waals surface area contributed by atoms with E-state index in [1.54, 1.807) is 54.7 Å². The largest absolute Gasteiger partial charge is 0.504 e. The van der Waals surface area contributed by atoms with Crippen LogP contribution in [-0.4, -0.2) is 45.6 Å². The number of aromatic nitrogens is 1. The number of carbonyl (C=O) groups excluding carboxylic acids is 2. The number of hydrogen-bond acceptors (Lipinski definition) is 6. The highest BCUT2D eigenvalue weighted by atomic mass is 16.5. The maximum absolute atomic E-state index is 14.0. The van der Waals surface area contributed by atoms with E-state index in [1.165, 1.54) is 7.11 Å². The Morgan fingerprint density at radius 3 is 2.47 bits per heavy atom. The van der Waals surface area contributed by atoms with Crippen molar-refractivity contribution in [2.45, 2.75) is 18.0 Å². The number of carbonyl (C=O) groups is 3. The zero-order valence-corrected chi connectivity index (χ0v) is 20.4. The molecule has 0 spiro atoms. The number of amides is 2. The molecular formula is C29H25N3O6. The van der Waals surface area contributed by atoms with Gasteiger partial charge in [0, 0.05) is 35.1 Å². The summed E-state index contributed by atoms with van der Waals surface area (Å²) in [6.45, 7) is 0. The van der Waals surface area contributed by atoms with Crippen molar-refractivity contribution >= 4 is 34.4 Å². The van der Waals surface area contributed by atoms with Gasteiger partial charge < -0.3 is 19.9 Å². The summed E-state index contributed by atoms with van der Waals surface area (Å²) in [7, 11) is 1.41. The number of methoxy groups -OCH3 is 1. The van der Waals surface area contributed by atoms with Crippen molar-refractivity contribution in [3.05, 3.63) is 90.1 Å². The summed E-state index contributed by atoms with van der Waals surface area (Å²) in [5.74, 6) is -4.68. The lowest BCUT2D eigenvalue weighted by molar-refractivity contribution is -0.148. The van der Waals surface area contributed by atoms with E-state index in [0.717, 1.165) is 15.8 Å². The van der Waals surface area contributed by atoms with E-state index in [1.807, 2.05) is 24.3 Å². The molecule has 3 aromatic carbocycles. The average Bonchev–Trinajstić information content (AvgIpc) is 3.57. The standard InChI is InChI=1S/C29H25N3O6/c1-38-21-13-7-11-19(25(21)33)24-22-23(27(35)32(26(22)34)17-8-3-2-4-9-17)29(31-24,28(36)37)14-16-15-30-20-12-6-5-10-18(16)20/h2-13,15,22-24,30-31,33H,14H2,1H3,(H,36,37)/t22-,23-,24-,29-/m0/s1. The first-order chi connectivity index (χ1) is 18.4. The molecule has 9 heteroatoms. The van der Waals surface area contributed by atoms with E-state index in [2.05, 4.69) is 10.3 Å². The summed E-state index contributed by atoms with van der Waals surface area (Å²) in [4.78, 5) is 45.3. The minimum atomic E-state index is -1.83. The zero-order chi connectivity index (χ0) is 26.6. The molecule has 0 bridgehead atoms. The number of phenolic OH excluding ortho intramolecular Hbond substituents is 1. The van der Waals surface area contributed by atoms with E-state index in [-0.39, 0.29) is 23.5 Å². The second-order valence-corrected chi connectivity index (χ2v) is 9.68. The summed E-state index contributed by atoms with van der Waals surface area (Å²) in [6.07, 6.45) is 1.68. The molecule has 2 saturated heterocycles. The van der Waals surface area contributed by atoms with E-state index >= 15 is 0 Å². The van der Waals surface area contributed by atoms with Gasteiger partial charge >= 0.3 is 5.97 Å². The molecule has 38 heavy (non-hydrogen) atoms. The number of carboxylic acids is 1. The fourth-order valence-electron chi connectivity index (χ4n) is 6.07. The SMILES string of the molecule is COc1cccc([C@@H]2N[C@](Cc3c[nH]c4ccccc34)(C(=O)O)[C@@H]3C(=O)N(c4ccccc4)C(=O)[C@@H]32)c1O. The number of anilines is 1. The van der Waals surface area contributed by atoms with E-state index in [0.29, 0.717) is 11.3 Å². The normalized spacial score (nSPS) is 24.7. The Balaban J connectivity index is 1.54. The van der Waals surface area contributed by atoms with Gasteiger partial charge in [-0.25, -0.2) is 4.90 Å². The number of H-pyrrole nitrogens is 1. The molecule has 4 atom stereocenters. The Bertz CT molecular complexity index is 1580. The number of carboxylic acid groups (broad SMARTS) is 1. The number of aromatic hydroxyl groups is 1. The molecule has 4 aromatic rings. The molecule has 2 aliphatic rings. The first kappa shape index (κ1) is 23.7. The van der Waals surface area contributed by atoms with Crippen molar-refractivity contribution in [2.24, 2.45) is 11.8 Å². The van der Waals surface area contributed by atoms with Crippen LogP contribution >= 0.6 is 0 Å². The molecule has 2 amide bonds. The molecule has 9 nitrogen and oxygen atoms in total. The van der Waals surface area contributed by atoms with E-state index in [4.69, 9.17) is 4.74 Å². The van der Waals surface area contributed by atoms with Gasteiger partial charge in [0.2, 0.25) is 11.8 Å². The van der Waals surface area contributed by atoms with Crippen LogP contribution < -0.4 is 15.0 Å². The van der Waals surface area contributed by atoms with Gasteiger partial charge in [-0.1, -0.05) is 48.5 Å². The highest BCUT2D eigenvalue weighted by Crippen LogP contribution is 2.53. The van der Waals surface area contributed by atoms with Gasteiger partial charge in [0.05, 0.1) is 24.6 Å². The number of benzene rings is 3. The van der Waals surface area contributed by atoms with Gasteiger partial charge in [-0.2, -0.15) is 0 Å². The number of rotatable bonds is 6. The molecule has 6 rings (SSSR count). The predicted molar refractivity (Wildman–Crippen MR) is 139 cm³/mol. The van der Waals surface area contributed by atoms with Gasteiger partial charge in [-0.15, -0.1) is 0 Å². The summed E-state index contributed by atoms with van der Waals surface area (Å²) >= 11 is 0. The summed E-state index contributed by atoms with van der Waals surface area (Å²) in [6, 6.07) is 19.9. The second kappa shape index (κ2) is 8.74. The predicted octanol–water partition coefficient (Wildman–Crippen LogP) is 3.40. The summed E-state index contributed by atoms with van der Waals surface area (Å²) in [5.41, 5.74) is 0.364. The zero-order valence-electron chi connectivity index (χ0n) is 20.4. The first-order valence-corrected chi connectivity index (χ1v) is 12.2. The van der Waals surface area contributed by atoms with Crippen molar-refractivity contribution in [2.75, 3.05) is 12.0 Å². The second-order valence-electron chi connectivity index (χ2n) is 9.68. The molecule has 3 heterocycles. The number of para-hydroxylation sites is 3. The van der Waals surface area contributed by atoms with Gasteiger partial charge in [-0.3, -0.25) is 19.7 Å². The van der Waals surface area contributed by atoms with Gasteiger partial charge in [0.15, 0.2) is 11.5 Å². The van der Waals surface area contributed by atoms with Crippen LogP contribution in [0, 0.1) is 11.8 Å². The number of aliphatic carboxylic acids is 1. The molecule has 2 fully saturated rings. The van der Waals surface area contributed by atoms with Gasteiger partial charge in [0.25, 0.3) is 0 Å². The number of phenols is 1. The lowest BCUT2D eigenvalue weighted by atomic mass is 9.76. The molecule has 0 aliphatic carbocycles. The quantitative estimate of drug-likeness (QED) is 0.292. The first-order valence-electron chi connectivity index (χ1n) is 12.2. The minimum Gasteiger partial charge on any atom is -0.504 e.